The van der Waals surface area contributed by atoms with Gasteiger partial charge >= 0.3 is 0 Å². The van der Waals surface area contributed by atoms with Crippen LogP contribution in [0.15, 0.2) is 72.8 Å². The molecule has 8 atom stereocenters. The summed E-state index contributed by atoms with van der Waals surface area (Å²) >= 11 is 0. The van der Waals surface area contributed by atoms with Gasteiger partial charge in [0.2, 0.25) is 23.6 Å². The second kappa shape index (κ2) is 10.1. The molecule has 4 amide bonds. The first-order valence-corrected chi connectivity index (χ1v) is 14.2. The monoisotopic (exact) mass is 540 g/mol. The quantitative estimate of drug-likeness (QED) is 0.261. The van der Waals surface area contributed by atoms with Crippen LogP contribution in [-0.2, 0) is 41.9 Å². The van der Waals surface area contributed by atoms with Gasteiger partial charge in [0.1, 0.15) is 0 Å². The van der Waals surface area contributed by atoms with Crippen LogP contribution in [-0.4, -0.2) is 59.7 Å². The number of fused-ring (bicyclic) bond motifs is 1. The summed E-state index contributed by atoms with van der Waals surface area (Å²) in [7, 11) is 0. The van der Waals surface area contributed by atoms with Crippen molar-refractivity contribution in [3.63, 3.8) is 0 Å². The molecule has 0 radical (unpaired) electrons. The van der Waals surface area contributed by atoms with Crippen LogP contribution < -0.4 is 0 Å². The number of imide groups is 2. The highest BCUT2D eigenvalue weighted by molar-refractivity contribution is 6.09. The number of allylic oxidation sites excluding steroid dienone is 2. The number of amides is 4. The first-order valence-electron chi connectivity index (χ1n) is 14.2. The van der Waals surface area contributed by atoms with Crippen LogP contribution in [0.3, 0.4) is 0 Å². The van der Waals surface area contributed by atoms with Gasteiger partial charge in [-0.15, -0.1) is 0 Å². The first kappa shape index (κ1) is 25.4. The van der Waals surface area contributed by atoms with Crippen molar-refractivity contribution in [2.24, 2.45) is 47.3 Å². The number of likely N-dealkylation sites (tertiary alicyclic amines) is 2. The fourth-order valence-corrected chi connectivity index (χ4v) is 8.01. The van der Waals surface area contributed by atoms with Crippen molar-refractivity contribution in [1.82, 2.24) is 9.80 Å². The normalized spacial score (nSPS) is 33.3. The summed E-state index contributed by atoms with van der Waals surface area (Å²) in [6, 6.07) is 19.5. The Kier molecular flexibility index (Phi) is 6.40. The number of hydrogen-bond donors (Lipinski definition) is 0. The van der Waals surface area contributed by atoms with Crippen molar-refractivity contribution >= 4 is 23.6 Å². The van der Waals surface area contributed by atoms with Gasteiger partial charge < -0.3 is 9.47 Å². The third-order valence-corrected chi connectivity index (χ3v) is 9.67. The molecule has 4 aliphatic carbocycles. The van der Waals surface area contributed by atoms with E-state index >= 15 is 0 Å². The minimum atomic E-state index is -0.454. The van der Waals surface area contributed by atoms with E-state index in [2.05, 4.69) is 0 Å². The number of ether oxygens (including phenoxy) is 2. The van der Waals surface area contributed by atoms with Crippen LogP contribution in [0.4, 0.5) is 0 Å². The number of carbonyl (C=O) groups is 4. The number of rotatable bonds is 10. The SMILES string of the molecule is O=C1[C@@H]2[C@H]3C=C[C@@H]([C@@H]2C(=O)N1CCOCc1ccccc1)[C@@H]1[C@@H]2C(=O)N(CCOCc4ccccc4)C(=O)[C@@H]2[C@@H]31. The maximum Gasteiger partial charge on any atom is 0.233 e. The fraction of sp³-hybridized carbons (Fsp3) is 0.438. The number of nitrogens with zero attached hydrogens (tertiary/aromatic N) is 2. The third kappa shape index (κ3) is 3.88. The molecule has 2 aromatic carbocycles. The van der Waals surface area contributed by atoms with Crippen molar-refractivity contribution < 1.29 is 28.7 Å². The number of carbonyl (C=O) groups excluding carboxylic acids is 4. The molecule has 0 spiro atoms. The molecule has 4 fully saturated rings. The van der Waals surface area contributed by atoms with Gasteiger partial charge in [-0.3, -0.25) is 29.0 Å². The molecule has 40 heavy (non-hydrogen) atoms. The second-order valence-corrected chi connectivity index (χ2v) is 11.5. The van der Waals surface area contributed by atoms with Gasteiger partial charge in [0.05, 0.1) is 63.2 Å². The average Bonchev–Trinajstić information content (AvgIpc) is 3.34. The molecule has 0 unspecified atom stereocenters. The van der Waals surface area contributed by atoms with Crippen LogP contribution in [0, 0.1) is 47.3 Å². The molecule has 0 aromatic heterocycles. The van der Waals surface area contributed by atoms with E-state index in [4.69, 9.17) is 9.47 Å². The molecule has 0 N–H and O–H groups in total. The molecular weight excluding hydrogens is 508 g/mol. The van der Waals surface area contributed by atoms with Gasteiger partial charge in [-0.25, -0.2) is 0 Å². The van der Waals surface area contributed by atoms with Crippen molar-refractivity contribution in [2.75, 3.05) is 26.3 Å². The van der Waals surface area contributed by atoms with Gasteiger partial charge in [-0.05, 0) is 34.8 Å². The predicted octanol–water partition coefficient (Wildman–Crippen LogP) is 2.68. The summed E-state index contributed by atoms with van der Waals surface area (Å²) in [6.07, 6.45) is 4.07. The highest BCUT2D eigenvalue weighted by atomic mass is 16.5. The summed E-state index contributed by atoms with van der Waals surface area (Å²) in [6.45, 7) is 1.82. The van der Waals surface area contributed by atoms with Crippen molar-refractivity contribution in [3.05, 3.63) is 83.9 Å². The molecule has 8 heteroatoms. The minimum absolute atomic E-state index is 0.0704. The number of hydrogen-bond acceptors (Lipinski definition) is 6. The zero-order valence-corrected chi connectivity index (χ0v) is 22.1. The maximum atomic E-state index is 13.5. The molecule has 2 heterocycles. The van der Waals surface area contributed by atoms with Crippen molar-refractivity contribution in [1.29, 1.82) is 0 Å². The summed E-state index contributed by atoms with van der Waals surface area (Å²) < 4.78 is 11.5. The van der Waals surface area contributed by atoms with Crippen molar-refractivity contribution in [3.8, 4) is 0 Å². The van der Waals surface area contributed by atoms with E-state index in [9.17, 15) is 19.2 Å². The Balaban J connectivity index is 0.993. The lowest BCUT2D eigenvalue weighted by Crippen LogP contribution is -2.63. The van der Waals surface area contributed by atoms with Crippen LogP contribution >= 0.6 is 0 Å². The standard InChI is InChI=1S/C32H32N2O6/c35-29-25-21-11-12-22(26(25)30(36)33(29)13-15-39-17-19-7-3-1-4-8-19)24-23(21)27-28(24)32(38)34(31(27)37)14-16-40-18-20-9-5-2-6-10-20/h1-12,21-28H,13-18H2/t21-,22+,23-,24-,25+,26-,27+,28-/m0/s1. The fourth-order valence-electron chi connectivity index (χ4n) is 8.01. The molecule has 2 saturated heterocycles. The van der Waals surface area contributed by atoms with E-state index in [0.29, 0.717) is 13.2 Å². The Bertz CT molecular complexity index is 1300. The van der Waals surface area contributed by atoms with Crippen LogP contribution in [0.1, 0.15) is 11.1 Å². The van der Waals surface area contributed by atoms with E-state index < -0.39 is 23.7 Å². The van der Waals surface area contributed by atoms with Crippen LogP contribution in [0.5, 0.6) is 0 Å². The zero-order valence-electron chi connectivity index (χ0n) is 22.1. The Morgan fingerprint density at radius 2 is 0.900 bits per heavy atom. The van der Waals surface area contributed by atoms with E-state index in [1.807, 2.05) is 72.8 Å². The zero-order chi connectivity index (χ0) is 27.4. The van der Waals surface area contributed by atoms with Crippen molar-refractivity contribution in [2.45, 2.75) is 13.2 Å². The van der Waals surface area contributed by atoms with Gasteiger partial charge in [-0.2, -0.15) is 0 Å². The van der Waals surface area contributed by atoms with E-state index in [1.165, 1.54) is 9.80 Å². The second-order valence-electron chi connectivity index (χ2n) is 11.5. The van der Waals surface area contributed by atoms with Gasteiger partial charge in [0, 0.05) is 0 Å². The lowest BCUT2D eigenvalue weighted by molar-refractivity contribution is -0.166. The highest BCUT2D eigenvalue weighted by Crippen LogP contribution is 2.68. The molecule has 6 aliphatic rings. The summed E-state index contributed by atoms with van der Waals surface area (Å²) in [5.41, 5.74) is 2.07. The van der Waals surface area contributed by atoms with E-state index in [-0.39, 0.29) is 73.6 Å². The Morgan fingerprint density at radius 3 is 1.30 bits per heavy atom. The molecule has 2 aliphatic heterocycles. The van der Waals surface area contributed by atoms with Gasteiger partial charge in [-0.1, -0.05) is 72.8 Å². The highest BCUT2D eigenvalue weighted by Gasteiger charge is 2.74. The van der Waals surface area contributed by atoms with E-state index in [0.717, 1.165) is 11.1 Å². The van der Waals surface area contributed by atoms with E-state index in [1.54, 1.807) is 0 Å². The van der Waals surface area contributed by atoms with Crippen LogP contribution in [0.2, 0.25) is 0 Å². The smallest absolute Gasteiger partial charge is 0.233 e. The third-order valence-electron chi connectivity index (χ3n) is 9.67. The summed E-state index contributed by atoms with van der Waals surface area (Å²) in [5, 5.41) is 0. The molecule has 206 valence electrons. The predicted molar refractivity (Wildman–Crippen MR) is 143 cm³/mol. The average molecular weight is 541 g/mol. The van der Waals surface area contributed by atoms with Gasteiger partial charge in [0.15, 0.2) is 0 Å². The lowest BCUT2D eigenvalue weighted by atomic mass is 9.40. The molecule has 8 rings (SSSR count). The van der Waals surface area contributed by atoms with Gasteiger partial charge in [0.25, 0.3) is 0 Å². The lowest BCUT2D eigenvalue weighted by Gasteiger charge is -2.60. The maximum absolute atomic E-state index is 13.5. The summed E-state index contributed by atoms with van der Waals surface area (Å²) in [4.78, 5) is 56.6. The Morgan fingerprint density at radius 1 is 0.525 bits per heavy atom. The Labute approximate surface area is 232 Å². The molecule has 2 saturated carbocycles. The largest absolute Gasteiger partial charge is 0.375 e. The first-order chi connectivity index (χ1) is 19.6. The Hall–Kier alpha value is -3.62. The minimum Gasteiger partial charge on any atom is -0.375 e. The summed E-state index contributed by atoms with van der Waals surface area (Å²) in [5.74, 6) is -2.89. The molecule has 2 bridgehead atoms. The topological polar surface area (TPSA) is 93.2 Å². The van der Waals surface area contributed by atoms with Crippen LogP contribution in [0.25, 0.3) is 0 Å². The molecular formula is C32H32N2O6. The molecule has 2 aromatic rings. The molecule has 8 nitrogen and oxygen atoms in total. The number of benzene rings is 2.